The van der Waals surface area contributed by atoms with E-state index in [0.29, 0.717) is 30.4 Å². The molecule has 0 bridgehead atoms. The van der Waals surface area contributed by atoms with Crippen LogP contribution in [0.3, 0.4) is 0 Å². The van der Waals surface area contributed by atoms with Gasteiger partial charge < -0.3 is 19.3 Å². The number of phenolic OH excluding ortho intramolecular Hbond substituents is 1. The SMILES string of the molecule is CCOc1ccccc1OC1CNNC1c1ccc(OC)cc1O. The lowest BCUT2D eigenvalue weighted by Gasteiger charge is -2.22. The Morgan fingerprint density at radius 2 is 1.96 bits per heavy atom. The largest absolute Gasteiger partial charge is 0.507 e. The van der Waals surface area contributed by atoms with Gasteiger partial charge in [0.2, 0.25) is 0 Å². The minimum Gasteiger partial charge on any atom is -0.507 e. The van der Waals surface area contributed by atoms with Crippen LogP contribution in [0.15, 0.2) is 42.5 Å². The van der Waals surface area contributed by atoms with E-state index in [4.69, 9.17) is 14.2 Å². The fourth-order valence-electron chi connectivity index (χ4n) is 2.77. The van der Waals surface area contributed by atoms with E-state index < -0.39 is 0 Å². The molecule has 1 aliphatic rings. The van der Waals surface area contributed by atoms with Crippen molar-refractivity contribution in [3.63, 3.8) is 0 Å². The standard InChI is InChI=1S/C18H22N2O4/c1-3-23-15-6-4-5-7-16(15)24-17-11-19-20-18(17)13-9-8-12(22-2)10-14(13)21/h4-10,17-21H,3,11H2,1-2H3. The van der Waals surface area contributed by atoms with Crippen molar-refractivity contribution >= 4 is 0 Å². The molecule has 2 aromatic rings. The summed E-state index contributed by atoms with van der Waals surface area (Å²) in [5.41, 5.74) is 7.00. The third-order valence-corrected chi connectivity index (χ3v) is 3.93. The predicted molar refractivity (Wildman–Crippen MR) is 90.6 cm³/mol. The normalized spacial score (nSPS) is 19.9. The highest BCUT2D eigenvalue weighted by Crippen LogP contribution is 2.35. The van der Waals surface area contributed by atoms with E-state index in [9.17, 15) is 5.11 Å². The summed E-state index contributed by atoms with van der Waals surface area (Å²) in [5.74, 6) is 2.18. The number of rotatable bonds is 6. The number of hydrazine groups is 1. The summed E-state index contributed by atoms with van der Waals surface area (Å²) < 4.78 is 16.9. The van der Waals surface area contributed by atoms with E-state index in [1.54, 1.807) is 13.2 Å². The number of nitrogens with one attached hydrogen (secondary N) is 2. The molecule has 0 aromatic heterocycles. The molecule has 2 aromatic carbocycles. The summed E-state index contributed by atoms with van der Waals surface area (Å²) in [5, 5.41) is 10.3. The number of ether oxygens (including phenoxy) is 3. The molecule has 1 heterocycles. The maximum absolute atomic E-state index is 10.3. The van der Waals surface area contributed by atoms with Gasteiger partial charge in [0.1, 0.15) is 17.6 Å². The summed E-state index contributed by atoms with van der Waals surface area (Å²) in [7, 11) is 1.57. The molecule has 6 nitrogen and oxygen atoms in total. The van der Waals surface area contributed by atoms with Gasteiger partial charge in [0.25, 0.3) is 0 Å². The summed E-state index contributed by atoms with van der Waals surface area (Å²) in [6.45, 7) is 3.12. The summed E-state index contributed by atoms with van der Waals surface area (Å²) >= 11 is 0. The van der Waals surface area contributed by atoms with Crippen molar-refractivity contribution in [2.24, 2.45) is 0 Å². The number of hydrogen-bond acceptors (Lipinski definition) is 6. The van der Waals surface area contributed by atoms with Crippen LogP contribution in [0.2, 0.25) is 0 Å². The number of methoxy groups -OCH3 is 1. The third kappa shape index (κ3) is 3.39. The van der Waals surface area contributed by atoms with Crippen LogP contribution in [0.4, 0.5) is 0 Å². The Morgan fingerprint density at radius 3 is 2.67 bits per heavy atom. The highest BCUT2D eigenvalue weighted by molar-refractivity contribution is 5.43. The van der Waals surface area contributed by atoms with Crippen molar-refractivity contribution in [2.75, 3.05) is 20.3 Å². The summed E-state index contributed by atoms with van der Waals surface area (Å²) in [6, 6.07) is 12.7. The molecule has 3 rings (SSSR count). The predicted octanol–water partition coefficient (Wildman–Crippen LogP) is 2.40. The smallest absolute Gasteiger partial charge is 0.161 e. The van der Waals surface area contributed by atoms with Gasteiger partial charge in [-0.15, -0.1) is 0 Å². The molecule has 1 aliphatic heterocycles. The maximum Gasteiger partial charge on any atom is 0.161 e. The van der Waals surface area contributed by atoms with Gasteiger partial charge in [-0.1, -0.05) is 12.1 Å². The van der Waals surface area contributed by atoms with Crippen LogP contribution in [-0.4, -0.2) is 31.5 Å². The van der Waals surface area contributed by atoms with Crippen LogP contribution < -0.4 is 25.1 Å². The Bertz CT molecular complexity index is 692. The molecule has 24 heavy (non-hydrogen) atoms. The van der Waals surface area contributed by atoms with E-state index in [1.165, 1.54) is 0 Å². The van der Waals surface area contributed by atoms with Gasteiger partial charge in [-0.25, -0.2) is 5.43 Å². The first kappa shape index (κ1) is 16.4. The van der Waals surface area contributed by atoms with Gasteiger partial charge in [0, 0.05) is 18.2 Å². The Hall–Kier alpha value is -2.44. The van der Waals surface area contributed by atoms with Crippen LogP contribution in [0.5, 0.6) is 23.0 Å². The van der Waals surface area contributed by atoms with Crippen LogP contribution in [-0.2, 0) is 0 Å². The van der Waals surface area contributed by atoms with Crippen LogP contribution in [0.1, 0.15) is 18.5 Å². The fourth-order valence-corrected chi connectivity index (χ4v) is 2.77. The van der Waals surface area contributed by atoms with Gasteiger partial charge in [-0.2, -0.15) is 0 Å². The van der Waals surface area contributed by atoms with Gasteiger partial charge in [0.15, 0.2) is 11.5 Å². The monoisotopic (exact) mass is 330 g/mol. The molecule has 0 radical (unpaired) electrons. The van der Waals surface area contributed by atoms with Gasteiger partial charge in [-0.3, -0.25) is 5.43 Å². The van der Waals surface area contributed by atoms with E-state index in [2.05, 4.69) is 10.9 Å². The molecule has 0 spiro atoms. The zero-order valence-electron chi connectivity index (χ0n) is 13.8. The molecule has 1 fully saturated rings. The average molecular weight is 330 g/mol. The Kier molecular flexibility index (Phi) is 5.08. The topological polar surface area (TPSA) is 72.0 Å². The molecule has 6 heteroatoms. The van der Waals surface area contributed by atoms with Crippen molar-refractivity contribution in [3.8, 4) is 23.0 Å². The zero-order chi connectivity index (χ0) is 16.9. The Labute approximate surface area is 141 Å². The summed E-state index contributed by atoms with van der Waals surface area (Å²) in [4.78, 5) is 0. The van der Waals surface area contributed by atoms with Gasteiger partial charge in [-0.05, 0) is 31.2 Å². The highest BCUT2D eigenvalue weighted by atomic mass is 16.5. The van der Waals surface area contributed by atoms with Crippen molar-refractivity contribution in [1.82, 2.24) is 10.9 Å². The maximum atomic E-state index is 10.3. The second kappa shape index (κ2) is 7.42. The molecular formula is C18H22N2O4. The molecule has 2 atom stereocenters. The van der Waals surface area contributed by atoms with Crippen molar-refractivity contribution in [1.29, 1.82) is 0 Å². The number of aromatic hydroxyl groups is 1. The Morgan fingerprint density at radius 1 is 1.17 bits per heavy atom. The summed E-state index contributed by atoms with van der Waals surface area (Å²) in [6.07, 6.45) is -0.189. The molecule has 0 aliphatic carbocycles. The van der Waals surface area contributed by atoms with Crippen molar-refractivity contribution in [3.05, 3.63) is 48.0 Å². The van der Waals surface area contributed by atoms with E-state index >= 15 is 0 Å². The second-order valence-corrected chi connectivity index (χ2v) is 5.46. The first-order chi connectivity index (χ1) is 11.7. The Balaban J connectivity index is 1.81. The molecule has 1 saturated heterocycles. The average Bonchev–Trinajstić information content (AvgIpc) is 3.04. The van der Waals surface area contributed by atoms with Crippen LogP contribution in [0.25, 0.3) is 0 Å². The molecular weight excluding hydrogens is 308 g/mol. The van der Waals surface area contributed by atoms with Crippen LogP contribution in [0, 0.1) is 0 Å². The molecule has 128 valence electrons. The molecule has 0 saturated carbocycles. The zero-order valence-corrected chi connectivity index (χ0v) is 13.8. The first-order valence-electron chi connectivity index (χ1n) is 7.96. The lowest BCUT2D eigenvalue weighted by Crippen LogP contribution is -2.28. The van der Waals surface area contributed by atoms with Crippen LogP contribution >= 0.6 is 0 Å². The molecule has 0 amide bonds. The highest BCUT2D eigenvalue weighted by Gasteiger charge is 2.32. The lowest BCUT2D eigenvalue weighted by molar-refractivity contribution is 0.184. The quantitative estimate of drug-likeness (QED) is 0.755. The number of benzene rings is 2. The minimum atomic E-state index is -0.189. The molecule has 2 unspecified atom stereocenters. The minimum absolute atomic E-state index is 0.169. The fraction of sp³-hybridized carbons (Fsp3) is 0.333. The third-order valence-electron chi connectivity index (χ3n) is 3.93. The number of para-hydroxylation sites is 2. The molecule has 3 N–H and O–H groups in total. The van der Waals surface area contributed by atoms with E-state index in [0.717, 1.165) is 5.56 Å². The lowest BCUT2D eigenvalue weighted by atomic mass is 10.0. The van der Waals surface area contributed by atoms with Crippen molar-refractivity contribution in [2.45, 2.75) is 19.1 Å². The number of phenols is 1. The number of hydrogen-bond donors (Lipinski definition) is 3. The van der Waals surface area contributed by atoms with E-state index in [1.807, 2.05) is 43.3 Å². The van der Waals surface area contributed by atoms with E-state index in [-0.39, 0.29) is 17.9 Å². The van der Waals surface area contributed by atoms with Gasteiger partial charge >= 0.3 is 0 Å². The van der Waals surface area contributed by atoms with Crippen molar-refractivity contribution < 1.29 is 19.3 Å². The van der Waals surface area contributed by atoms with Gasteiger partial charge in [0.05, 0.1) is 19.8 Å². The first-order valence-corrected chi connectivity index (χ1v) is 7.96. The second-order valence-electron chi connectivity index (χ2n) is 5.46.